The maximum atomic E-state index is 13.1. The maximum absolute atomic E-state index is 13.1. The summed E-state index contributed by atoms with van der Waals surface area (Å²) >= 11 is 0. The number of hydrogen-bond acceptors (Lipinski definition) is 3. The molecule has 0 unspecified atom stereocenters. The number of halogens is 1. The van der Waals surface area contributed by atoms with Crippen LogP contribution in [0.1, 0.15) is 18.4 Å². The molecule has 0 bridgehead atoms. The van der Waals surface area contributed by atoms with E-state index in [0.29, 0.717) is 11.6 Å². The van der Waals surface area contributed by atoms with Crippen molar-refractivity contribution < 1.29 is 4.39 Å². The van der Waals surface area contributed by atoms with Gasteiger partial charge in [-0.05, 0) is 51.2 Å². The van der Waals surface area contributed by atoms with Crippen molar-refractivity contribution in [1.29, 1.82) is 5.26 Å². The van der Waals surface area contributed by atoms with Crippen LogP contribution < -0.4 is 4.90 Å². The Morgan fingerprint density at radius 1 is 1.39 bits per heavy atom. The van der Waals surface area contributed by atoms with E-state index in [2.05, 4.69) is 22.9 Å². The SMILES string of the molecule is CN1CCC(N(C)c2ccc(F)cc2C#N)CC1. The molecule has 18 heavy (non-hydrogen) atoms. The van der Waals surface area contributed by atoms with Crippen LogP contribution in [0.25, 0.3) is 0 Å². The van der Waals surface area contributed by atoms with Crippen LogP contribution in [-0.2, 0) is 0 Å². The lowest BCUT2D eigenvalue weighted by Crippen LogP contribution is -2.42. The van der Waals surface area contributed by atoms with Gasteiger partial charge in [0.1, 0.15) is 11.9 Å². The molecule has 0 amide bonds. The van der Waals surface area contributed by atoms with Gasteiger partial charge in [-0.25, -0.2) is 4.39 Å². The lowest BCUT2D eigenvalue weighted by Gasteiger charge is -2.36. The Hall–Kier alpha value is -1.60. The number of hydrogen-bond donors (Lipinski definition) is 0. The molecule has 0 aliphatic carbocycles. The van der Waals surface area contributed by atoms with E-state index < -0.39 is 0 Å². The zero-order chi connectivity index (χ0) is 13.1. The van der Waals surface area contributed by atoms with E-state index in [9.17, 15) is 4.39 Å². The molecule has 1 heterocycles. The van der Waals surface area contributed by atoms with Crippen molar-refractivity contribution >= 4 is 5.69 Å². The van der Waals surface area contributed by atoms with Crippen LogP contribution >= 0.6 is 0 Å². The van der Waals surface area contributed by atoms with Gasteiger partial charge < -0.3 is 9.80 Å². The Labute approximate surface area is 107 Å². The van der Waals surface area contributed by atoms with Gasteiger partial charge in [0, 0.05) is 13.1 Å². The van der Waals surface area contributed by atoms with Gasteiger partial charge in [-0.2, -0.15) is 5.26 Å². The highest BCUT2D eigenvalue weighted by atomic mass is 19.1. The Bertz CT molecular complexity index is 459. The van der Waals surface area contributed by atoms with Gasteiger partial charge in [0.2, 0.25) is 0 Å². The van der Waals surface area contributed by atoms with E-state index in [4.69, 9.17) is 5.26 Å². The minimum Gasteiger partial charge on any atom is -0.370 e. The second-order valence-electron chi connectivity index (χ2n) is 4.92. The smallest absolute Gasteiger partial charge is 0.124 e. The number of rotatable bonds is 2. The molecule has 0 spiro atoms. The molecule has 0 atom stereocenters. The average molecular weight is 247 g/mol. The topological polar surface area (TPSA) is 30.3 Å². The molecular formula is C14H18FN3. The molecule has 0 saturated carbocycles. The molecule has 96 valence electrons. The zero-order valence-electron chi connectivity index (χ0n) is 10.9. The summed E-state index contributed by atoms with van der Waals surface area (Å²) in [7, 11) is 4.11. The highest BCUT2D eigenvalue weighted by molar-refractivity contribution is 5.59. The zero-order valence-corrected chi connectivity index (χ0v) is 10.9. The molecule has 1 aliphatic heterocycles. The fourth-order valence-electron chi connectivity index (χ4n) is 2.48. The first-order chi connectivity index (χ1) is 8.61. The van der Waals surface area contributed by atoms with Gasteiger partial charge in [-0.3, -0.25) is 0 Å². The summed E-state index contributed by atoms with van der Waals surface area (Å²) in [6.07, 6.45) is 2.16. The second-order valence-corrected chi connectivity index (χ2v) is 4.92. The molecule has 1 fully saturated rings. The molecule has 0 aromatic heterocycles. The van der Waals surface area contributed by atoms with Crippen LogP contribution in [0.4, 0.5) is 10.1 Å². The molecular weight excluding hydrogens is 229 g/mol. The third-order valence-corrected chi connectivity index (χ3v) is 3.69. The summed E-state index contributed by atoms with van der Waals surface area (Å²) in [6.45, 7) is 2.14. The van der Waals surface area contributed by atoms with Gasteiger partial charge in [0.05, 0.1) is 11.3 Å². The van der Waals surface area contributed by atoms with E-state index in [-0.39, 0.29) is 5.82 Å². The largest absolute Gasteiger partial charge is 0.370 e. The molecule has 0 N–H and O–H groups in total. The predicted octanol–water partition coefficient (Wildman–Crippen LogP) is 2.23. The first-order valence-electron chi connectivity index (χ1n) is 6.23. The quantitative estimate of drug-likeness (QED) is 0.803. The van der Waals surface area contributed by atoms with Crippen molar-refractivity contribution in [2.45, 2.75) is 18.9 Å². The highest BCUT2D eigenvalue weighted by Gasteiger charge is 2.22. The Morgan fingerprint density at radius 3 is 2.67 bits per heavy atom. The number of anilines is 1. The summed E-state index contributed by atoms with van der Waals surface area (Å²) in [6, 6.07) is 6.93. The summed E-state index contributed by atoms with van der Waals surface area (Å²) < 4.78 is 13.1. The van der Waals surface area contributed by atoms with Crippen molar-refractivity contribution in [2.24, 2.45) is 0 Å². The number of benzene rings is 1. The minimum atomic E-state index is -0.355. The van der Waals surface area contributed by atoms with Crippen molar-refractivity contribution in [1.82, 2.24) is 4.90 Å². The normalized spacial score (nSPS) is 17.4. The van der Waals surface area contributed by atoms with E-state index in [0.717, 1.165) is 31.6 Å². The van der Waals surface area contributed by atoms with E-state index >= 15 is 0 Å². The molecule has 3 nitrogen and oxygen atoms in total. The maximum Gasteiger partial charge on any atom is 0.124 e. The van der Waals surface area contributed by atoms with Crippen molar-refractivity contribution in [3.05, 3.63) is 29.6 Å². The van der Waals surface area contributed by atoms with Crippen LogP contribution in [0.5, 0.6) is 0 Å². The van der Waals surface area contributed by atoms with Crippen molar-refractivity contribution in [3.8, 4) is 6.07 Å². The molecule has 2 rings (SSSR count). The van der Waals surface area contributed by atoms with Crippen LogP contribution in [-0.4, -0.2) is 38.1 Å². The number of likely N-dealkylation sites (tertiary alicyclic amines) is 1. The van der Waals surface area contributed by atoms with Gasteiger partial charge in [-0.1, -0.05) is 0 Å². The summed E-state index contributed by atoms with van der Waals surface area (Å²) in [5, 5.41) is 9.08. The van der Waals surface area contributed by atoms with Crippen molar-refractivity contribution in [2.75, 3.05) is 32.1 Å². The number of nitrogens with zero attached hydrogens (tertiary/aromatic N) is 3. The minimum absolute atomic E-state index is 0.355. The molecule has 4 heteroatoms. The lowest BCUT2D eigenvalue weighted by atomic mass is 10.0. The van der Waals surface area contributed by atoms with Gasteiger partial charge >= 0.3 is 0 Å². The van der Waals surface area contributed by atoms with E-state index in [1.54, 1.807) is 6.07 Å². The monoisotopic (exact) mass is 247 g/mol. The summed E-state index contributed by atoms with van der Waals surface area (Å²) in [5.41, 5.74) is 1.24. The molecule has 1 saturated heterocycles. The summed E-state index contributed by atoms with van der Waals surface area (Å²) in [4.78, 5) is 4.42. The van der Waals surface area contributed by atoms with Crippen LogP contribution in [0, 0.1) is 17.1 Å². The number of nitriles is 1. The first kappa shape index (κ1) is 12.8. The fourth-order valence-corrected chi connectivity index (χ4v) is 2.48. The van der Waals surface area contributed by atoms with Crippen LogP contribution in [0.3, 0.4) is 0 Å². The van der Waals surface area contributed by atoms with Gasteiger partial charge in [-0.15, -0.1) is 0 Å². The van der Waals surface area contributed by atoms with Gasteiger partial charge in [0.15, 0.2) is 0 Å². The molecule has 1 aliphatic rings. The van der Waals surface area contributed by atoms with Crippen LogP contribution in [0.15, 0.2) is 18.2 Å². The predicted molar refractivity (Wildman–Crippen MR) is 70.0 cm³/mol. The number of piperidine rings is 1. The highest BCUT2D eigenvalue weighted by Crippen LogP contribution is 2.25. The average Bonchev–Trinajstić information content (AvgIpc) is 2.38. The Morgan fingerprint density at radius 2 is 2.06 bits per heavy atom. The van der Waals surface area contributed by atoms with Crippen LogP contribution in [0.2, 0.25) is 0 Å². The third-order valence-electron chi connectivity index (χ3n) is 3.69. The van der Waals surface area contributed by atoms with Crippen molar-refractivity contribution in [3.63, 3.8) is 0 Å². The second kappa shape index (κ2) is 5.36. The lowest BCUT2D eigenvalue weighted by molar-refractivity contribution is 0.253. The molecule has 0 radical (unpaired) electrons. The Kier molecular flexibility index (Phi) is 3.83. The molecule has 1 aromatic carbocycles. The van der Waals surface area contributed by atoms with E-state index in [1.165, 1.54) is 12.1 Å². The first-order valence-corrected chi connectivity index (χ1v) is 6.23. The third kappa shape index (κ3) is 2.62. The Balaban J connectivity index is 2.18. The van der Waals surface area contributed by atoms with Gasteiger partial charge in [0.25, 0.3) is 0 Å². The standard InChI is InChI=1S/C14H18FN3/c1-17-7-5-13(6-8-17)18(2)14-4-3-12(15)9-11(14)10-16/h3-4,9,13H,5-8H2,1-2H3. The molecule has 1 aromatic rings. The van der Waals surface area contributed by atoms with E-state index in [1.807, 2.05) is 7.05 Å². The fraction of sp³-hybridized carbons (Fsp3) is 0.500. The summed E-state index contributed by atoms with van der Waals surface area (Å²) in [5.74, 6) is -0.355.